The zero-order valence-electron chi connectivity index (χ0n) is 8.84. The van der Waals surface area contributed by atoms with E-state index in [4.69, 9.17) is 14.2 Å². The Bertz CT molecular complexity index is 145. The van der Waals surface area contributed by atoms with Gasteiger partial charge in [0.05, 0.1) is 18.3 Å². The fraction of sp³-hybridized carbons (Fsp3) is 1.00. The molecule has 1 saturated carbocycles. The predicted octanol–water partition coefficient (Wildman–Crippen LogP) is 1.61. The van der Waals surface area contributed by atoms with Crippen LogP contribution >= 0.6 is 0 Å². The molecule has 0 aliphatic heterocycles. The molecule has 3 heteroatoms. The third-order valence-electron chi connectivity index (χ3n) is 2.93. The molecule has 2 unspecified atom stereocenters. The average Bonchev–Trinajstić information content (AvgIpc) is 2.19. The van der Waals surface area contributed by atoms with Crippen LogP contribution in [0.5, 0.6) is 0 Å². The van der Waals surface area contributed by atoms with Crippen molar-refractivity contribution < 1.29 is 14.2 Å². The Balaban J connectivity index is 2.53. The molecule has 78 valence electrons. The Hall–Kier alpha value is -0.120. The van der Waals surface area contributed by atoms with Gasteiger partial charge in [0.15, 0.2) is 0 Å². The van der Waals surface area contributed by atoms with Crippen LogP contribution in [0, 0.1) is 0 Å². The lowest BCUT2D eigenvalue weighted by Crippen LogP contribution is -2.43. The summed E-state index contributed by atoms with van der Waals surface area (Å²) in [6.07, 6.45) is 4.68. The number of hydrogen-bond donors (Lipinski definition) is 0. The first-order chi connectivity index (χ1) is 6.26. The first-order valence-corrected chi connectivity index (χ1v) is 4.83. The van der Waals surface area contributed by atoms with Crippen molar-refractivity contribution in [2.45, 2.75) is 37.4 Å². The molecule has 0 saturated heterocycles. The summed E-state index contributed by atoms with van der Waals surface area (Å²) in [5.74, 6) is 0. The summed E-state index contributed by atoms with van der Waals surface area (Å²) in [5.41, 5.74) is -0.103. The summed E-state index contributed by atoms with van der Waals surface area (Å²) < 4.78 is 16.1. The van der Waals surface area contributed by atoms with E-state index in [1.807, 2.05) is 0 Å². The second-order valence-corrected chi connectivity index (χ2v) is 3.77. The molecule has 3 nitrogen and oxygen atoms in total. The van der Waals surface area contributed by atoms with Crippen molar-refractivity contribution in [3.8, 4) is 0 Å². The molecule has 0 amide bonds. The Labute approximate surface area is 80.4 Å². The van der Waals surface area contributed by atoms with Crippen LogP contribution in [0.25, 0.3) is 0 Å². The molecule has 0 N–H and O–H groups in total. The number of methoxy groups -OCH3 is 3. The van der Waals surface area contributed by atoms with Gasteiger partial charge in [-0.2, -0.15) is 0 Å². The van der Waals surface area contributed by atoms with Crippen molar-refractivity contribution in [1.29, 1.82) is 0 Å². The second kappa shape index (κ2) is 4.94. The minimum atomic E-state index is -0.103. The van der Waals surface area contributed by atoms with Gasteiger partial charge in [-0.15, -0.1) is 0 Å². The standard InChI is InChI=1S/C10H20O3/c1-11-8-10(13-3)6-4-5-9(7-10)12-2/h9H,4-8H2,1-3H3. The van der Waals surface area contributed by atoms with Crippen molar-refractivity contribution in [2.75, 3.05) is 27.9 Å². The monoisotopic (exact) mass is 188 g/mol. The lowest BCUT2D eigenvalue weighted by molar-refractivity contribution is -0.117. The van der Waals surface area contributed by atoms with Gasteiger partial charge >= 0.3 is 0 Å². The lowest BCUT2D eigenvalue weighted by atomic mass is 9.83. The molecule has 1 aliphatic rings. The molecule has 0 aromatic carbocycles. The van der Waals surface area contributed by atoms with E-state index in [1.165, 1.54) is 0 Å². The summed E-state index contributed by atoms with van der Waals surface area (Å²) in [5, 5.41) is 0. The molecule has 1 rings (SSSR count). The molecular weight excluding hydrogens is 168 g/mol. The first-order valence-electron chi connectivity index (χ1n) is 4.83. The van der Waals surface area contributed by atoms with Gasteiger partial charge in [0.25, 0.3) is 0 Å². The van der Waals surface area contributed by atoms with Crippen LogP contribution in [0.15, 0.2) is 0 Å². The highest BCUT2D eigenvalue weighted by Crippen LogP contribution is 2.32. The van der Waals surface area contributed by atoms with Crippen LogP contribution in [0.2, 0.25) is 0 Å². The van der Waals surface area contributed by atoms with Crippen molar-refractivity contribution in [3.63, 3.8) is 0 Å². The molecular formula is C10H20O3. The Morgan fingerprint density at radius 2 is 2.08 bits per heavy atom. The highest BCUT2D eigenvalue weighted by Gasteiger charge is 2.36. The topological polar surface area (TPSA) is 27.7 Å². The predicted molar refractivity (Wildman–Crippen MR) is 50.9 cm³/mol. The van der Waals surface area contributed by atoms with E-state index in [9.17, 15) is 0 Å². The van der Waals surface area contributed by atoms with Crippen LogP contribution in [0.1, 0.15) is 25.7 Å². The quantitative estimate of drug-likeness (QED) is 0.670. The molecule has 0 spiro atoms. The second-order valence-electron chi connectivity index (χ2n) is 3.77. The van der Waals surface area contributed by atoms with E-state index in [2.05, 4.69) is 0 Å². The average molecular weight is 188 g/mol. The van der Waals surface area contributed by atoms with E-state index >= 15 is 0 Å². The lowest BCUT2D eigenvalue weighted by Gasteiger charge is -2.38. The van der Waals surface area contributed by atoms with Gasteiger partial charge in [-0.05, 0) is 19.3 Å². The molecule has 13 heavy (non-hydrogen) atoms. The van der Waals surface area contributed by atoms with Gasteiger partial charge in [-0.3, -0.25) is 0 Å². The molecule has 0 bridgehead atoms. The summed E-state index contributed by atoms with van der Waals surface area (Å²) in [6, 6.07) is 0. The zero-order valence-corrected chi connectivity index (χ0v) is 8.84. The Kier molecular flexibility index (Phi) is 4.16. The number of hydrogen-bond acceptors (Lipinski definition) is 3. The van der Waals surface area contributed by atoms with Gasteiger partial charge < -0.3 is 14.2 Å². The van der Waals surface area contributed by atoms with E-state index in [0.717, 1.165) is 25.7 Å². The minimum Gasteiger partial charge on any atom is -0.382 e. The number of ether oxygens (including phenoxy) is 3. The maximum Gasteiger partial charge on any atom is 0.0935 e. The van der Waals surface area contributed by atoms with Gasteiger partial charge in [0.1, 0.15) is 0 Å². The molecule has 0 radical (unpaired) electrons. The van der Waals surface area contributed by atoms with E-state index in [1.54, 1.807) is 21.3 Å². The molecule has 1 fully saturated rings. The summed E-state index contributed by atoms with van der Waals surface area (Å²) in [4.78, 5) is 0. The summed E-state index contributed by atoms with van der Waals surface area (Å²) >= 11 is 0. The molecule has 2 atom stereocenters. The molecule has 0 aromatic rings. The van der Waals surface area contributed by atoms with Gasteiger partial charge in [-0.25, -0.2) is 0 Å². The van der Waals surface area contributed by atoms with Crippen LogP contribution in [0.3, 0.4) is 0 Å². The molecule has 0 aromatic heterocycles. The zero-order chi connectivity index (χ0) is 9.73. The van der Waals surface area contributed by atoms with Crippen molar-refractivity contribution >= 4 is 0 Å². The fourth-order valence-electron chi connectivity index (χ4n) is 2.11. The molecule has 1 aliphatic carbocycles. The maximum atomic E-state index is 5.55. The largest absolute Gasteiger partial charge is 0.382 e. The molecule has 0 heterocycles. The van der Waals surface area contributed by atoms with E-state index < -0.39 is 0 Å². The highest BCUT2D eigenvalue weighted by molar-refractivity contribution is 4.88. The Morgan fingerprint density at radius 3 is 2.62 bits per heavy atom. The van der Waals surface area contributed by atoms with Crippen molar-refractivity contribution in [2.24, 2.45) is 0 Å². The fourth-order valence-corrected chi connectivity index (χ4v) is 2.11. The van der Waals surface area contributed by atoms with Gasteiger partial charge in [0, 0.05) is 27.8 Å². The summed E-state index contributed by atoms with van der Waals surface area (Å²) in [6.45, 7) is 0.670. The summed E-state index contributed by atoms with van der Waals surface area (Å²) in [7, 11) is 5.25. The normalized spacial score (nSPS) is 34.8. The SMILES string of the molecule is COCC1(OC)CCCC(OC)C1. The van der Waals surface area contributed by atoms with Crippen molar-refractivity contribution in [1.82, 2.24) is 0 Å². The Morgan fingerprint density at radius 1 is 1.31 bits per heavy atom. The smallest absolute Gasteiger partial charge is 0.0935 e. The van der Waals surface area contributed by atoms with Gasteiger partial charge in [0.2, 0.25) is 0 Å². The van der Waals surface area contributed by atoms with E-state index in [0.29, 0.717) is 12.7 Å². The first kappa shape index (κ1) is 11.0. The third-order valence-corrected chi connectivity index (χ3v) is 2.93. The van der Waals surface area contributed by atoms with E-state index in [-0.39, 0.29) is 5.60 Å². The van der Waals surface area contributed by atoms with Crippen LogP contribution in [-0.2, 0) is 14.2 Å². The van der Waals surface area contributed by atoms with Crippen LogP contribution in [-0.4, -0.2) is 39.6 Å². The third kappa shape index (κ3) is 2.66. The maximum absolute atomic E-state index is 5.55. The van der Waals surface area contributed by atoms with Crippen LogP contribution in [0.4, 0.5) is 0 Å². The van der Waals surface area contributed by atoms with Crippen molar-refractivity contribution in [3.05, 3.63) is 0 Å². The van der Waals surface area contributed by atoms with Crippen LogP contribution < -0.4 is 0 Å². The number of rotatable bonds is 4. The highest BCUT2D eigenvalue weighted by atomic mass is 16.5. The van der Waals surface area contributed by atoms with Gasteiger partial charge in [-0.1, -0.05) is 0 Å². The minimum absolute atomic E-state index is 0.103.